The second kappa shape index (κ2) is 6.95. The molecule has 134 valence electrons. The van der Waals surface area contributed by atoms with E-state index in [1.54, 1.807) is 4.90 Å². The van der Waals surface area contributed by atoms with Gasteiger partial charge in [0.05, 0.1) is 11.3 Å². The summed E-state index contributed by atoms with van der Waals surface area (Å²) in [4.78, 5) is 41.7. The zero-order valence-electron chi connectivity index (χ0n) is 14.5. The number of hydrogen-bond donors (Lipinski definition) is 2. The van der Waals surface area contributed by atoms with Gasteiger partial charge in [0.1, 0.15) is 11.7 Å². The van der Waals surface area contributed by atoms with E-state index in [-0.39, 0.29) is 22.9 Å². The van der Waals surface area contributed by atoms with E-state index in [1.807, 2.05) is 31.2 Å². The number of hydrogen-bond acceptors (Lipinski definition) is 4. The molecule has 0 radical (unpaired) electrons. The lowest BCUT2D eigenvalue weighted by atomic mass is 10.1. The maximum Gasteiger partial charge on any atom is 0.337 e. The molecule has 1 aromatic heterocycles. The van der Waals surface area contributed by atoms with E-state index in [0.717, 1.165) is 11.3 Å². The summed E-state index contributed by atoms with van der Waals surface area (Å²) < 4.78 is 0. The van der Waals surface area contributed by atoms with Crippen molar-refractivity contribution in [2.24, 2.45) is 0 Å². The molecule has 2 amide bonds. The number of carboxylic acids is 1. The van der Waals surface area contributed by atoms with Crippen LogP contribution in [0.25, 0.3) is 0 Å². The van der Waals surface area contributed by atoms with Crippen molar-refractivity contribution >= 4 is 23.5 Å². The number of nitrogens with one attached hydrogen (secondary N) is 1. The van der Waals surface area contributed by atoms with Crippen LogP contribution in [0.5, 0.6) is 0 Å². The van der Waals surface area contributed by atoms with Gasteiger partial charge in [-0.2, -0.15) is 0 Å². The minimum absolute atomic E-state index is 0.0454. The maximum atomic E-state index is 12.6. The van der Waals surface area contributed by atoms with Crippen LogP contribution >= 0.6 is 0 Å². The Labute approximate surface area is 150 Å². The number of pyridine rings is 1. The molecule has 1 aromatic carbocycles. The Morgan fingerprint density at radius 3 is 2.46 bits per heavy atom. The largest absolute Gasteiger partial charge is 0.478 e. The average molecular weight is 353 g/mol. The van der Waals surface area contributed by atoms with Crippen molar-refractivity contribution in [3.8, 4) is 0 Å². The fourth-order valence-corrected chi connectivity index (χ4v) is 2.94. The van der Waals surface area contributed by atoms with Crippen molar-refractivity contribution in [3.63, 3.8) is 0 Å². The smallest absolute Gasteiger partial charge is 0.337 e. The first-order chi connectivity index (χ1) is 12.4. The fourth-order valence-electron chi connectivity index (χ4n) is 2.94. The van der Waals surface area contributed by atoms with Crippen LogP contribution in [0.3, 0.4) is 0 Å². The molecular weight excluding hydrogens is 334 g/mol. The van der Waals surface area contributed by atoms with Gasteiger partial charge in [-0.1, -0.05) is 17.7 Å². The second-order valence-electron chi connectivity index (χ2n) is 6.27. The Hall–Kier alpha value is -3.22. The van der Waals surface area contributed by atoms with Crippen molar-refractivity contribution in [1.82, 2.24) is 10.3 Å². The van der Waals surface area contributed by atoms with E-state index in [1.165, 1.54) is 19.1 Å². The number of nitrogens with zero attached hydrogens (tertiary/aromatic N) is 2. The molecule has 1 saturated heterocycles. The van der Waals surface area contributed by atoms with Crippen molar-refractivity contribution in [2.45, 2.75) is 26.3 Å². The lowest BCUT2D eigenvalue weighted by Gasteiger charge is -2.17. The van der Waals surface area contributed by atoms with E-state index in [9.17, 15) is 14.4 Å². The molecule has 1 aliphatic rings. The average Bonchev–Trinajstić information content (AvgIpc) is 2.96. The third-order valence-electron chi connectivity index (χ3n) is 4.41. The number of carbonyl (C=O) groups excluding carboxylic acids is 2. The molecule has 0 spiro atoms. The molecule has 1 atom stereocenters. The van der Waals surface area contributed by atoms with Gasteiger partial charge in [0.2, 0.25) is 5.91 Å². The molecule has 7 heteroatoms. The van der Waals surface area contributed by atoms with E-state index in [4.69, 9.17) is 5.11 Å². The van der Waals surface area contributed by atoms with Crippen molar-refractivity contribution in [1.29, 1.82) is 0 Å². The van der Waals surface area contributed by atoms with Gasteiger partial charge in [-0.3, -0.25) is 9.59 Å². The quantitative estimate of drug-likeness (QED) is 0.875. The second-order valence-corrected chi connectivity index (χ2v) is 6.27. The van der Waals surface area contributed by atoms with Crippen LogP contribution in [0.2, 0.25) is 0 Å². The van der Waals surface area contributed by atoms with Crippen LogP contribution < -0.4 is 10.2 Å². The molecule has 0 bridgehead atoms. The number of aromatic carboxylic acids is 1. The third kappa shape index (κ3) is 3.42. The van der Waals surface area contributed by atoms with E-state index >= 15 is 0 Å². The zero-order chi connectivity index (χ0) is 18.8. The highest BCUT2D eigenvalue weighted by Gasteiger charge is 2.34. The zero-order valence-corrected chi connectivity index (χ0v) is 14.5. The predicted octanol–water partition coefficient (Wildman–Crippen LogP) is 1.93. The van der Waals surface area contributed by atoms with Crippen LogP contribution in [-0.2, 0) is 4.79 Å². The van der Waals surface area contributed by atoms with Gasteiger partial charge in [0.25, 0.3) is 5.91 Å². The molecule has 2 heterocycles. The lowest BCUT2D eigenvalue weighted by Crippen LogP contribution is -2.41. The Morgan fingerprint density at radius 1 is 1.15 bits per heavy atom. The number of aryl methyl sites for hydroxylation is 2. The van der Waals surface area contributed by atoms with Gasteiger partial charge >= 0.3 is 5.97 Å². The predicted molar refractivity (Wildman–Crippen MR) is 95.3 cm³/mol. The molecule has 7 nitrogen and oxygen atoms in total. The highest BCUT2D eigenvalue weighted by atomic mass is 16.4. The Kier molecular flexibility index (Phi) is 4.71. The van der Waals surface area contributed by atoms with Gasteiger partial charge in [0.15, 0.2) is 0 Å². The molecule has 1 unspecified atom stereocenters. The molecular formula is C19H19N3O4. The van der Waals surface area contributed by atoms with E-state index in [2.05, 4.69) is 10.3 Å². The Balaban J connectivity index is 1.70. The normalized spacial score (nSPS) is 16.6. The van der Waals surface area contributed by atoms with Gasteiger partial charge in [-0.25, -0.2) is 9.78 Å². The minimum Gasteiger partial charge on any atom is -0.478 e. The highest BCUT2D eigenvalue weighted by molar-refractivity contribution is 6.03. The molecule has 3 rings (SSSR count). The standard InChI is InChI=1S/C19H19N3O4/c1-11-3-5-13(6-4-11)22-10-9-16(18(22)24)21-17(23)15-8-7-14(19(25)26)12(2)20-15/h3-8,16H,9-10H2,1-2H3,(H,21,23)(H,25,26). The molecule has 26 heavy (non-hydrogen) atoms. The summed E-state index contributed by atoms with van der Waals surface area (Å²) in [7, 11) is 0. The molecule has 2 aromatic rings. The highest BCUT2D eigenvalue weighted by Crippen LogP contribution is 2.22. The summed E-state index contributed by atoms with van der Waals surface area (Å²) in [6.07, 6.45) is 0.505. The summed E-state index contributed by atoms with van der Waals surface area (Å²) in [5, 5.41) is 11.7. The summed E-state index contributed by atoms with van der Waals surface area (Å²) >= 11 is 0. The molecule has 1 aliphatic heterocycles. The number of benzene rings is 1. The topological polar surface area (TPSA) is 99.6 Å². The third-order valence-corrected chi connectivity index (χ3v) is 4.41. The molecule has 0 saturated carbocycles. The van der Waals surface area contributed by atoms with E-state index in [0.29, 0.717) is 13.0 Å². The summed E-state index contributed by atoms with van der Waals surface area (Å²) in [5.74, 6) is -1.75. The number of rotatable bonds is 4. The van der Waals surface area contributed by atoms with Crippen LogP contribution in [0, 0.1) is 13.8 Å². The summed E-state index contributed by atoms with van der Waals surface area (Å²) in [5.41, 5.74) is 2.30. The van der Waals surface area contributed by atoms with Crippen molar-refractivity contribution in [2.75, 3.05) is 11.4 Å². The van der Waals surface area contributed by atoms with Crippen LogP contribution in [0.4, 0.5) is 5.69 Å². The van der Waals surface area contributed by atoms with Gasteiger partial charge in [-0.05, 0) is 44.5 Å². The summed E-state index contributed by atoms with van der Waals surface area (Å²) in [6, 6.07) is 9.71. The lowest BCUT2D eigenvalue weighted by molar-refractivity contribution is -0.118. The van der Waals surface area contributed by atoms with Gasteiger partial charge in [-0.15, -0.1) is 0 Å². The van der Waals surface area contributed by atoms with Gasteiger partial charge in [0, 0.05) is 12.2 Å². The van der Waals surface area contributed by atoms with E-state index < -0.39 is 17.9 Å². The Morgan fingerprint density at radius 2 is 1.85 bits per heavy atom. The van der Waals surface area contributed by atoms with Crippen LogP contribution in [0.1, 0.15) is 38.5 Å². The molecule has 0 aliphatic carbocycles. The molecule has 1 fully saturated rings. The minimum atomic E-state index is -1.10. The van der Waals surface area contributed by atoms with Crippen LogP contribution in [0.15, 0.2) is 36.4 Å². The van der Waals surface area contributed by atoms with Crippen molar-refractivity contribution < 1.29 is 19.5 Å². The monoisotopic (exact) mass is 353 g/mol. The molecule has 2 N–H and O–H groups in total. The van der Waals surface area contributed by atoms with Gasteiger partial charge < -0.3 is 15.3 Å². The fraction of sp³-hybridized carbons (Fsp3) is 0.263. The number of aromatic nitrogens is 1. The maximum absolute atomic E-state index is 12.6. The van der Waals surface area contributed by atoms with Crippen molar-refractivity contribution in [3.05, 3.63) is 58.9 Å². The first kappa shape index (κ1) is 17.6. The van der Waals surface area contributed by atoms with Crippen LogP contribution in [-0.4, -0.2) is 40.5 Å². The Bertz CT molecular complexity index is 877. The SMILES string of the molecule is Cc1ccc(N2CCC(NC(=O)c3ccc(C(=O)O)c(C)n3)C2=O)cc1. The number of carbonyl (C=O) groups is 3. The summed E-state index contributed by atoms with van der Waals surface area (Å²) in [6.45, 7) is 4.03. The number of carboxylic acid groups (broad SMARTS) is 1. The first-order valence-corrected chi connectivity index (χ1v) is 8.26. The first-order valence-electron chi connectivity index (χ1n) is 8.26. The number of anilines is 1. The number of amides is 2.